The van der Waals surface area contributed by atoms with Gasteiger partial charge in [-0.15, -0.1) is 0 Å². The van der Waals surface area contributed by atoms with Crippen molar-refractivity contribution in [2.45, 2.75) is 24.9 Å². The number of halogens is 1. The Morgan fingerprint density at radius 1 is 1.40 bits per heavy atom. The zero-order valence-electron chi connectivity index (χ0n) is 11.1. The van der Waals surface area contributed by atoms with Gasteiger partial charge in [-0.25, -0.2) is 8.42 Å². The maximum absolute atomic E-state index is 12.3. The molecule has 1 aromatic carbocycles. The lowest BCUT2D eigenvalue weighted by Gasteiger charge is -2.07. The van der Waals surface area contributed by atoms with E-state index in [4.69, 9.17) is 17.3 Å². The van der Waals surface area contributed by atoms with E-state index in [1.807, 2.05) is 0 Å². The molecule has 108 valence electrons. The van der Waals surface area contributed by atoms with Gasteiger partial charge in [0, 0.05) is 6.54 Å². The van der Waals surface area contributed by atoms with Crippen LogP contribution in [0.3, 0.4) is 0 Å². The van der Waals surface area contributed by atoms with Gasteiger partial charge in [0.1, 0.15) is 0 Å². The van der Waals surface area contributed by atoms with E-state index in [2.05, 4.69) is 5.10 Å². The summed E-state index contributed by atoms with van der Waals surface area (Å²) in [6.07, 6.45) is 1.51. The van der Waals surface area contributed by atoms with Crippen molar-refractivity contribution >= 4 is 21.4 Å². The first-order chi connectivity index (χ1) is 9.44. The molecule has 0 atom stereocenters. The number of aromatic nitrogens is 2. The van der Waals surface area contributed by atoms with Gasteiger partial charge in [-0.05, 0) is 24.6 Å². The molecule has 0 saturated heterocycles. The maximum atomic E-state index is 12.3. The Labute approximate surface area is 123 Å². The summed E-state index contributed by atoms with van der Waals surface area (Å²) < 4.78 is 26.1. The molecule has 0 fully saturated rings. The van der Waals surface area contributed by atoms with Crippen molar-refractivity contribution in [1.29, 1.82) is 0 Å². The van der Waals surface area contributed by atoms with Crippen LogP contribution in [0.25, 0.3) is 0 Å². The number of aryl methyl sites for hydroxylation is 1. The fourth-order valence-electron chi connectivity index (χ4n) is 1.84. The van der Waals surface area contributed by atoms with E-state index in [1.165, 1.54) is 6.20 Å². The highest BCUT2D eigenvalue weighted by molar-refractivity contribution is 7.91. The Bertz CT molecular complexity index is 710. The second-order valence-electron chi connectivity index (χ2n) is 4.47. The van der Waals surface area contributed by atoms with Crippen LogP contribution < -0.4 is 5.73 Å². The van der Waals surface area contributed by atoms with Gasteiger partial charge < -0.3 is 5.73 Å². The molecule has 0 bridgehead atoms. The van der Waals surface area contributed by atoms with Gasteiger partial charge in [0.05, 0.1) is 34.1 Å². The Morgan fingerprint density at radius 2 is 2.15 bits per heavy atom. The molecule has 1 heterocycles. The van der Waals surface area contributed by atoms with E-state index >= 15 is 0 Å². The smallest absolute Gasteiger partial charge is 0.180 e. The van der Waals surface area contributed by atoms with Crippen LogP contribution in [0.15, 0.2) is 35.4 Å². The van der Waals surface area contributed by atoms with Crippen molar-refractivity contribution in [2.24, 2.45) is 5.73 Å². The molecule has 0 aliphatic carbocycles. The van der Waals surface area contributed by atoms with Gasteiger partial charge in [-0.3, -0.25) is 4.68 Å². The molecular formula is C13H16ClN3O2S. The molecule has 2 rings (SSSR count). The lowest BCUT2D eigenvalue weighted by molar-refractivity contribution is 0.577. The normalized spacial score (nSPS) is 11.8. The van der Waals surface area contributed by atoms with Gasteiger partial charge in [0.25, 0.3) is 0 Å². The fourth-order valence-corrected chi connectivity index (χ4v) is 3.25. The van der Waals surface area contributed by atoms with Crippen molar-refractivity contribution in [3.05, 3.63) is 46.7 Å². The monoisotopic (exact) mass is 313 g/mol. The van der Waals surface area contributed by atoms with Gasteiger partial charge in [-0.2, -0.15) is 5.10 Å². The van der Waals surface area contributed by atoms with E-state index in [-0.39, 0.29) is 17.2 Å². The standard InChI is InChI=1S/C13H16ClN3O2S/c1-10-13(14)9-16-17(10)5-6-20(18,19)12-4-2-3-11(7-12)8-15/h2-4,7,9H,5-6,8,15H2,1H3. The predicted molar refractivity (Wildman–Crippen MR) is 78.4 cm³/mol. The molecule has 0 saturated carbocycles. The average molecular weight is 314 g/mol. The Kier molecular flexibility index (Phi) is 4.47. The van der Waals surface area contributed by atoms with Gasteiger partial charge in [0.2, 0.25) is 0 Å². The molecule has 0 aliphatic rings. The number of benzene rings is 1. The van der Waals surface area contributed by atoms with E-state index in [1.54, 1.807) is 35.9 Å². The third-order valence-electron chi connectivity index (χ3n) is 3.11. The number of nitrogens with zero attached hydrogens (tertiary/aromatic N) is 2. The number of nitrogens with two attached hydrogens (primary N) is 1. The molecule has 2 N–H and O–H groups in total. The van der Waals surface area contributed by atoms with Crippen molar-refractivity contribution in [1.82, 2.24) is 9.78 Å². The third kappa shape index (κ3) is 3.20. The first kappa shape index (κ1) is 15.0. The first-order valence-corrected chi connectivity index (χ1v) is 8.17. The SMILES string of the molecule is Cc1c(Cl)cnn1CCS(=O)(=O)c1cccc(CN)c1. The quantitative estimate of drug-likeness (QED) is 0.912. The predicted octanol–water partition coefficient (Wildman–Crippen LogP) is 1.78. The van der Waals surface area contributed by atoms with Crippen molar-refractivity contribution in [3.8, 4) is 0 Å². The van der Waals surface area contributed by atoms with Crippen molar-refractivity contribution in [3.63, 3.8) is 0 Å². The van der Waals surface area contributed by atoms with E-state index in [0.29, 0.717) is 11.6 Å². The highest BCUT2D eigenvalue weighted by atomic mass is 35.5. The molecule has 5 nitrogen and oxygen atoms in total. The average Bonchev–Trinajstić information content (AvgIpc) is 2.77. The van der Waals surface area contributed by atoms with Crippen LogP contribution in [0.1, 0.15) is 11.3 Å². The molecule has 0 radical (unpaired) electrons. The van der Waals surface area contributed by atoms with Crippen LogP contribution >= 0.6 is 11.6 Å². The summed E-state index contributed by atoms with van der Waals surface area (Å²) in [6.45, 7) is 2.39. The van der Waals surface area contributed by atoms with E-state index < -0.39 is 9.84 Å². The molecular weight excluding hydrogens is 298 g/mol. The number of rotatable bonds is 5. The summed E-state index contributed by atoms with van der Waals surface area (Å²) in [7, 11) is -3.36. The number of sulfone groups is 1. The second-order valence-corrected chi connectivity index (χ2v) is 6.99. The molecule has 0 amide bonds. The summed E-state index contributed by atoms with van der Waals surface area (Å²) >= 11 is 5.89. The Hall–Kier alpha value is -1.37. The molecule has 0 aliphatic heterocycles. The van der Waals surface area contributed by atoms with Gasteiger partial charge >= 0.3 is 0 Å². The minimum Gasteiger partial charge on any atom is -0.326 e. The van der Waals surface area contributed by atoms with Crippen molar-refractivity contribution in [2.75, 3.05) is 5.75 Å². The van der Waals surface area contributed by atoms with Gasteiger partial charge in [-0.1, -0.05) is 23.7 Å². The zero-order valence-corrected chi connectivity index (χ0v) is 12.7. The molecule has 2 aromatic rings. The first-order valence-electron chi connectivity index (χ1n) is 6.13. The van der Waals surface area contributed by atoms with Crippen LogP contribution in [0, 0.1) is 6.92 Å². The van der Waals surface area contributed by atoms with Crippen LogP contribution in [-0.4, -0.2) is 24.0 Å². The van der Waals surface area contributed by atoms with Gasteiger partial charge in [0.15, 0.2) is 9.84 Å². The Balaban J connectivity index is 2.17. The second kappa shape index (κ2) is 5.95. The van der Waals surface area contributed by atoms with Crippen LogP contribution in [0.4, 0.5) is 0 Å². The number of hydrogen-bond acceptors (Lipinski definition) is 4. The highest BCUT2D eigenvalue weighted by Gasteiger charge is 2.16. The van der Waals surface area contributed by atoms with E-state index in [0.717, 1.165) is 11.3 Å². The topological polar surface area (TPSA) is 78.0 Å². The summed E-state index contributed by atoms with van der Waals surface area (Å²) in [5.74, 6) is -0.0279. The van der Waals surface area contributed by atoms with E-state index in [9.17, 15) is 8.42 Å². The molecule has 1 aromatic heterocycles. The molecule has 7 heteroatoms. The third-order valence-corrected chi connectivity index (χ3v) is 5.17. The molecule has 0 spiro atoms. The summed E-state index contributed by atoms with van der Waals surface area (Å²) in [4.78, 5) is 0.288. The summed E-state index contributed by atoms with van der Waals surface area (Å²) in [6, 6.07) is 6.69. The minimum absolute atomic E-state index is 0.0279. The minimum atomic E-state index is -3.36. The highest BCUT2D eigenvalue weighted by Crippen LogP contribution is 2.16. The summed E-state index contributed by atoms with van der Waals surface area (Å²) in [5.41, 5.74) is 7.08. The Morgan fingerprint density at radius 3 is 2.75 bits per heavy atom. The van der Waals surface area contributed by atoms with Crippen LogP contribution in [0.2, 0.25) is 5.02 Å². The summed E-state index contributed by atoms with van der Waals surface area (Å²) in [5, 5.41) is 4.58. The zero-order chi connectivity index (χ0) is 14.8. The van der Waals surface area contributed by atoms with Crippen LogP contribution in [0.5, 0.6) is 0 Å². The van der Waals surface area contributed by atoms with Crippen molar-refractivity contribution < 1.29 is 8.42 Å². The molecule has 20 heavy (non-hydrogen) atoms. The number of hydrogen-bond donors (Lipinski definition) is 1. The molecule has 0 unspecified atom stereocenters. The van der Waals surface area contributed by atoms with Crippen LogP contribution in [-0.2, 0) is 22.9 Å². The maximum Gasteiger partial charge on any atom is 0.180 e. The lowest BCUT2D eigenvalue weighted by Crippen LogP contribution is -2.15. The largest absolute Gasteiger partial charge is 0.326 e. The lowest BCUT2D eigenvalue weighted by atomic mass is 10.2. The fraction of sp³-hybridized carbons (Fsp3) is 0.308.